The molecule has 0 aliphatic heterocycles. The fourth-order valence-corrected chi connectivity index (χ4v) is 1.60. The molecule has 112 valence electrons. The Kier molecular flexibility index (Phi) is 5.10. The number of carbonyl (C=O) groups excluding carboxylic acids is 1. The van der Waals surface area contributed by atoms with E-state index >= 15 is 0 Å². The van der Waals surface area contributed by atoms with Crippen LogP contribution >= 0.6 is 0 Å². The molecule has 1 aromatic heterocycles. The third-order valence-electron chi connectivity index (χ3n) is 2.97. The van der Waals surface area contributed by atoms with Crippen molar-refractivity contribution in [3.8, 4) is 0 Å². The molecule has 0 saturated heterocycles. The Labute approximate surface area is 119 Å². The van der Waals surface area contributed by atoms with Gasteiger partial charge in [-0.3, -0.25) is 0 Å². The average molecular weight is 300 g/mol. The van der Waals surface area contributed by atoms with Crippen LogP contribution in [0.15, 0.2) is 18.3 Å². The van der Waals surface area contributed by atoms with Gasteiger partial charge in [0.05, 0.1) is 16.9 Å². The summed E-state index contributed by atoms with van der Waals surface area (Å²) in [6, 6.07) is 3.20. The van der Waals surface area contributed by atoms with E-state index in [9.17, 15) is 13.2 Å². The lowest BCUT2D eigenvalue weighted by Gasteiger charge is -2.23. The van der Waals surface area contributed by atoms with Gasteiger partial charge < -0.3 is 10.1 Å². The largest absolute Gasteiger partial charge is 0.462 e. The van der Waals surface area contributed by atoms with Gasteiger partial charge >= 0.3 is 5.97 Å². The molecule has 0 fully saturated rings. The molecule has 6 nitrogen and oxygen atoms in total. The molecule has 0 spiro atoms. The monoisotopic (exact) mass is 300 g/mol. The van der Waals surface area contributed by atoms with Crippen molar-refractivity contribution in [3.05, 3.63) is 23.9 Å². The summed E-state index contributed by atoms with van der Waals surface area (Å²) in [5.74, 6) is 0.0813. The lowest BCUT2D eigenvalue weighted by atomic mass is 10.2. The van der Waals surface area contributed by atoms with E-state index in [1.807, 2.05) is 0 Å². The zero-order chi connectivity index (χ0) is 15.4. The Balaban J connectivity index is 2.70. The van der Waals surface area contributed by atoms with Gasteiger partial charge in [0, 0.05) is 19.0 Å². The van der Waals surface area contributed by atoms with Crippen LogP contribution in [0.25, 0.3) is 0 Å². The maximum atomic E-state index is 11.6. The summed E-state index contributed by atoms with van der Waals surface area (Å²) >= 11 is 0. The topological polar surface area (TPSA) is 85.4 Å². The predicted molar refractivity (Wildman–Crippen MR) is 77.6 cm³/mol. The highest BCUT2D eigenvalue weighted by molar-refractivity contribution is 7.92. The van der Waals surface area contributed by atoms with Crippen molar-refractivity contribution in [1.29, 1.82) is 0 Å². The molecule has 0 amide bonds. The molecular weight excluding hydrogens is 280 g/mol. The van der Waals surface area contributed by atoms with E-state index in [0.717, 1.165) is 0 Å². The Morgan fingerprint density at radius 2 is 2.05 bits per heavy atom. The average Bonchev–Trinajstić information content (AvgIpc) is 2.36. The van der Waals surface area contributed by atoms with Crippen LogP contribution in [0.4, 0.5) is 5.82 Å². The zero-order valence-electron chi connectivity index (χ0n) is 12.1. The smallest absolute Gasteiger partial charge is 0.339 e. The first-order valence-electron chi connectivity index (χ1n) is 6.24. The SMILES string of the molecule is CCOC(=O)c1ccc(NCC(C)(C)S(C)(=O)=O)nc1. The maximum absolute atomic E-state index is 11.6. The number of aromatic nitrogens is 1. The number of ether oxygens (including phenoxy) is 1. The lowest BCUT2D eigenvalue weighted by Crippen LogP contribution is -2.38. The lowest BCUT2D eigenvalue weighted by molar-refractivity contribution is 0.0526. The second-order valence-corrected chi connectivity index (χ2v) is 7.69. The van der Waals surface area contributed by atoms with Crippen LogP contribution in [0.1, 0.15) is 31.1 Å². The van der Waals surface area contributed by atoms with Crippen LogP contribution in [-0.4, -0.2) is 43.5 Å². The van der Waals surface area contributed by atoms with Crippen LogP contribution in [0, 0.1) is 0 Å². The molecule has 1 N–H and O–H groups in total. The van der Waals surface area contributed by atoms with Crippen molar-refractivity contribution in [2.45, 2.75) is 25.5 Å². The van der Waals surface area contributed by atoms with Crippen molar-refractivity contribution < 1.29 is 17.9 Å². The Morgan fingerprint density at radius 1 is 1.40 bits per heavy atom. The minimum atomic E-state index is -3.17. The van der Waals surface area contributed by atoms with Crippen LogP contribution in [0.2, 0.25) is 0 Å². The fourth-order valence-electron chi connectivity index (χ4n) is 1.27. The molecule has 1 heterocycles. The summed E-state index contributed by atoms with van der Waals surface area (Å²) in [6.45, 7) is 5.55. The first kappa shape index (κ1) is 16.4. The van der Waals surface area contributed by atoms with Gasteiger partial charge in [0.15, 0.2) is 9.84 Å². The normalized spacial score (nSPS) is 12.0. The second-order valence-electron chi connectivity index (χ2n) is 5.04. The van der Waals surface area contributed by atoms with Gasteiger partial charge in [-0.25, -0.2) is 18.2 Å². The molecule has 20 heavy (non-hydrogen) atoms. The van der Waals surface area contributed by atoms with Crippen LogP contribution < -0.4 is 5.32 Å². The number of nitrogens with one attached hydrogen (secondary N) is 1. The Hall–Kier alpha value is -1.63. The third kappa shape index (κ3) is 4.19. The van der Waals surface area contributed by atoms with Crippen molar-refractivity contribution in [1.82, 2.24) is 4.98 Å². The molecule has 0 aliphatic carbocycles. The van der Waals surface area contributed by atoms with Crippen LogP contribution in [0.3, 0.4) is 0 Å². The van der Waals surface area contributed by atoms with E-state index in [0.29, 0.717) is 18.0 Å². The summed E-state index contributed by atoms with van der Waals surface area (Å²) in [7, 11) is -3.17. The second kappa shape index (κ2) is 6.21. The van der Waals surface area contributed by atoms with Gasteiger partial charge in [0.2, 0.25) is 0 Å². The van der Waals surface area contributed by atoms with Gasteiger partial charge in [0.1, 0.15) is 5.82 Å². The summed E-state index contributed by atoms with van der Waals surface area (Å²) in [5.41, 5.74) is 0.361. The summed E-state index contributed by atoms with van der Waals surface area (Å²) in [5, 5.41) is 2.95. The molecule has 0 saturated carbocycles. The van der Waals surface area contributed by atoms with Gasteiger partial charge in [-0.1, -0.05) is 0 Å². The number of hydrogen-bond acceptors (Lipinski definition) is 6. The fraction of sp³-hybridized carbons (Fsp3) is 0.538. The number of nitrogens with zero attached hydrogens (tertiary/aromatic N) is 1. The van der Waals surface area contributed by atoms with E-state index in [2.05, 4.69) is 10.3 Å². The maximum Gasteiger partial charge on any atom is 0.339 e. The van der Waals surface area contributed by atoms with Crippen LogP contribution in [0.5, 0.6) is 0 Å². The molecular formula is C13H20N2O4S. The Morgan fingerprint density at radius 3 is 2.50 bits per heavy atom. The number of carbonyl (C=O) groups is 1. The molecule has 1 aromatic rings. The van der Waals surface area contributed by atoms with Gasteiger partial charge in [-0.15, -0.1) is 0 Å². The number of rotatable bonds is 6. The predicted octanol–water partition coefficient (Wildman–Crippen LogP) is 1.49. The van der Waals surface area contributed by atoms with Crippen molar-refractivity contribution in [2.75, 3.05) is 24.7 Å². The molecule has 1 rings (SSSR count). The summed E-state index contributed by atoms with van der Waals surface area (Å²) < 4.78 is 27.1. The first-order chi connectivity index (χ1) is 9.17. The highest BCUT2D eigenvalue weighted by Gasteiger charge is 2.29. The third-order valence-corrected chi connectivity index (χ3v) is 5.13. The molecule has 0 unspecified atom stereocenters. The van der Waals surface area contributed by atoms with Crippen molar-refractivity contribution in [2.24, 2.45) is 0 Å². The molecule has 0 bridgehead atoms. The number of hydrogen-bond donors (Lipinski definition) is 1. The first-order valence-corrected chi connectivity index (χ1v) is 8.13. The van der Waals surface area contributed by atoms with Crippen molar-refractivity contribution in [3.63, 3.8) is 0 Å². The van der Waals surface area contributed by atoms with Crippen molar-refractivity contribution >= 4 is 21.6 Å². The van der Waals surface area contributed by atoms with E-state index in [-0.39, 0.29) is 6.54 Å². The molecule has 0 radical (unpaired) electrons. The number of pyridine rings is 1. The zero-order valence-corrected chi connectivity index (χ0v) is 13.0. The minimum absolute atomic E-state index is 0.234. The Bertz CT molecular complexity index is 565. The highest BCUT2D eigenvalue weighted by atomic mass is 32.2. The highest BCUT2D eigenvalue weighted by Crippen LogP contribution is 2.16. The number of esters is 1. The van der Waals surface area contributed by atoms with Gasteiger partial charge in [-0.05, 0) is 32.9 Å². The van der Waals surface area contributed by atoms with Gasteiger partial charge in [-0.2, -0.15) is 0 Å². The van der Waals surface area contributed by atoms with E-state index in [4.69, 9.17) is 4.74 Å². The number of sulfone groups is 1. The van der Waals surface area contributed by atoms with Crippen LogP contribution in [-0.2, 0) is 14.6 Å². The number of anilines is 1. The quantitative estimate of drug-likeness (QED) is 0.801. The standard InChI is InChI=1S/C13H20N2O4S/c1-5-19-12(16)10-6-7-11(14-8-10)15-9-13(2,3)20(4,17)18/h6-8H,5,9H2,1-4H3,(H,14,15). The van der Waals surface area contributed by atoms with E-state index in [1.165, 1.54) is 12.5 Å². The summed E-state index contributed by atoms with van der Waals surface area (Å²) in [6.07, 6.45) is 2.60. The van der Waals surface area contributed by atoms with E-state index < -0.39 is 20.6 Å². The minimum Gasteiger partial charge on any atom is -0.462 e. The molecule has 7 heteroatoms. The summed E-state index contributed by atoms with van der Waals surface area (Å²) in [4.78, 5) is 15.5. The van der Waals surface area contributed by atoms with Gasteiger partial charge in [0.25, 0.3) is 0 Å². The molecule has 0 aliphatic rings. The van der Waals surface area contributed by atoms with E-state index in [1.54, 1.807) is 32.9 Å². The molecule has 0 aromatic carbocycles. The molecule has 0 atom stereocenters.